The third-order valence-corrected chi connectivity index (χ3v) is 4.47. The number of ether oxygens (including phenoxy) is 1. The summed E-state index contributed by atoms with van der Waals surface area (Å²) in [6, 6.07) is 3.83. The smallest absolute Gasteiger partial charge is 0.417 e. The minimum atomic E-state index is -4.43. The number of aryl methyl sites for hydroxylation is 1. The maximum absolute atomic E-state index is 12.6. The summed E-state index contributed by atoms with van der Waals surface area (Å²) < 4.78 is 47.7. The van der Waals surface area contributed by atoms with Crippen molar-refractivity contribution in [1.29, 1.82) is 0 Å². The van der Waals surface area contributed by atoms with Gasteiger partial charge in [-0.1, -0.05) is 5.16 Å². The van der Waals surface area contributed by atoms with Crippen molar-refractivity contribution in [3.63, 3.8) is 0 Å². The maximum atomic E-state index is 12.6. The van der Waals surface area contributed by atoms with Crippen LogP contribution in [0.4, 0.5) is 24.8 Å². The molecule has 0 aromatic carbocycles. The summed E-state index contributed by atoms with van der Waals surface area (Å²) in [5.41, 5.74) is -0.807. The number of halogens is 3. The summed E-state index contributed by atoms with van der Waals surface area (Å²) in [7, 11) is 0. The first-order valence-corrected chi connectivity index (χ1v) is 8.90. The number of aromatic nitrogens is 2. The summed E-state index contributed by atoms with van der Waals surface area (Å²) in [5, 5.41) is 6.05. The van der Waals surface area contributed by atoms with Gasteiger partial charge >= 0.3 is 12.1 Å². The van der Waals surface area contributed by atoms with Gasteiger partial charge in [-0.25, -0.2) is 4.98 Å². The summed E-state index contributed by atoms with van der Waals surface area (Å²) in [6.07, 6.45) is -2.73. The van der Waals surface area contributed by atoms with Crippen LogP contribution in [0.3, 0.4) is 0 Å². The number of nitrogens with one attached hydrogen (secondary N) is 1. The van der Waals surface area contributed by atoms with E-state index in [1.807, 2.05) is 4.90 Å². The van der Waals surface area contributed by atoms with Crippen LogP contribution in [-0.2, 0) is 20.5 Å². The maximum Gasteiger partial charge on any atom is 0.417 e. The number of alkyl halides is 3. The molecule has 11 heteroatoms. The Balaban J connectivity index is 1.44. The number of hydrogen-bond donors (Lipinski definition) is 1. The van der Waals surface area contributed by atoms with Crippen molar-refractivity contribution in [2.45, 2.75) is 25.9 Å². The molecule has 0 saturated carbocycles. The van der Waals surface area contributed by atoms with Gasteiger partial charge in [-0.3, -0.25) is 9.59 Å². The first-order valence-electron chi connectivity index (χ1n) is 8.90. The molecule has 0 bridgehead atoms. The van der Waals surface area contributed by atoms with Gasteiger partial charge in [0.1, 0.15) is 11.6 Å². The number of hydrogen-bond acceptors (Lipinski definition) is 7. The van der Waals surface area contributed by atoms with Gasteiger partial charge in [0.2, 0.25) is 0 Å². The van der Waals surface area contributed by atoms with E-state index in [-0.39, 0.29) is 11.7 Å². The van der Waals surface area contributed by atoms with Crippen LogP contribution in [0, 0.1) is 12.8 Å². The molecular weight excluding hydrogens is 393 g/mol. The Labute approximate surface area is 164 Å². The molecule has 0 aliphatic carbocycles. The van der Waals surface area contributed by atoms with Gasteiger partial charge in [-0.05, 0) is 31.9 Å². The molecule has 29 heavy (non-hydrogen) atoms. The molecule has 0 spiro atoms. The van der Waals surface area contributed by atoms with Gasteiger partial charge < -0.3 is 19.5 Å². The number of nitrogens with zero attached hydrogens (tertiary/aromatic N) is 3. The van der Waals surface area contributed by atoms with E-state index in [1.54, 1.807) is 6.92 Å². The summed E-state index contributed by atoms with van der Waals surface area (Å²) in [5.74, 6) is -0.211. The highest BCUT2D eigenvalue weighted by Gasteiger charge is 2.31. The minimum absolute atomic E-state index is 0.237. The largest absolute Gasteiger partial charge is 0.455 e. The van der Waals surface area contributed by atoms with Crippen molar-refractivity contribution >= 4 is 23.5 Å². The Bertz CT molecular complexity index is 859. The summed E-state index contributed by atoms with van der Waals surface area (Å²) in [4.78, 5) is 29.6. The van der Waals surface area contributed by atoms with E-state index >= 15 is 0 Å². The van der Waals surface area contributed by atoms with Crippen LogP contribution in [0.15, 0.2) is 28.9 Å². The highest BCUT2D eigenvalue weighted by Crippen LogP contribution is 2.30. The molecule has 0 atom stereocenters. The molecule has 156 valence electrons. The van der Waals surface area contributed by atoms with Crippen molar-refractivity contribution in [1.82, 2.24) is 10.1 Å². The fraction of sp³-hybridized carbons (Fsp3) is 0.444. The van der Waals surface area contributed by atoms with Gasteiger partial charge in [0.05, 0.1) is 11.5 Å². The van der Waals surface area contributed by atoms with Crippen LogP contribution >= 0.6 is 0 Å². The van der Waals surface area contributed by atoms with Gasteiger partial charge in [0.25, 0.3) is 5.91 Å². The third kappa shape index (κ3) is 5.46. The fourth-order valence-corrected chi connectivity index (χ4v) is 2.94. The van der Waals surface area contributed by atoms with Crippen molar-refractivity contribution < 1.29 is 32.0 Å². The molecule has 1 N–H and O–H groups in total. The quantitative estimate of drug-likeness (QED) is 0.754. The monoisotopic (exact) mass is 412 g/mol. The molecule has 1 aliphatic heterocycles. The molecule has 2 aromatic rings. The lowest BCUT2D eigenvalue weighted by Gasteiger charge is -2.31. The van der Waals surface area contributed by atoms with Crippen molar-refractivity contribution in [3.8, 4) is 0 Å². The average Bonchev–Trinajstić information content (AvgIpc) is 3.10. The minimum Gasteiger partial charge on any atom is -0.455 e. The Kier molecular flexibility index (Phi) is 6.04. The van der Waals surface area contributed by atoms with Gasteiger partial charge in [0.15, 0.2) is 12.4 Å². The second-order valence-corrected chi connectivity index (χ2v) is 6.64. The molecular formula is C18H19F3N4O4. The number of amides is 1. The summed E-state index contributed by atoms with van der Waals surface area (Å²) >= 11 is 0. The third-order valence-electron chi connectivity index (χ3n) is 4.47. The van der Waals surface area contributed by atoms with Crippen LogP contribution in [0.25, 0.3) is 0 Å². The second kappa shape index (κ2) is 8.50. The van der Waals surface area contributed by atoms with E-state index in [9.17, 15) is 22.8 Å². The number of rotatable bonds is 5. The Morgan fingerprint density at radius 3 is 2.59 bits per heavy atom. The molecule has 1 aliphatic rings. The van der Waals surface area contributed by atoms with E-state index in [1.165, 1.54) is 12.1 Å². The number of esters is 1. The number of carbonyl (C=O) groups excluding carboxylic acids is 2. The lowest BCUT2D eigenvalue weighted by Crippen LogP contribution is -2.38. The average molecular weight is 412 g/mol. The lowest BCUT2D eigenvalue weighted by molar-refractivity contribution is -0.152. The van der Waals surface area contributed by atoms with Crippen LogP contribution < -0.4 is 10.2 Å². The zero-order chi connectivity index (χ0) is 21.0. The zero-order valence-electron chi connectivity index (χ0n) is 15.5. The van der Waals surface area contributed by atoms with Crippen molar-refractivity contribution in [2.75, 3.05) is 29.9 Å². The number of pyridine rings is 1. The highest BCUT2D eigenvalue weighted by atomic mass is 19.4. The molecule has 1 amide bonds. The van der Waals surface area contributed by atoms with E-state index in [0.717, 1.165) is 12.3 Å². The number of piperidine rings is 1. The first-order chi connectivity index (χ1) is 13.7. The highest BCUT2D eigenvalue weighted by molar-refractivity contribution is 5.92. The molecule has 8 nitrogen and oxygen atoms in total. The Morgan fingerprint density at radius 2 is 2.03 bits per heavy atom. The van der Waals surface area contributed by atoms with Gasteiger partial charge in [-0.2, -0.15) is 13.2 Å². The number of carbonyl (C=O) groups is 2. The molecule has 1 saturated heterocycles. The van der Waals surface area contributed by atoms with E-state index in [0.29, 0.717) is 37.5 Å². The van der Waals surface area contributed by atoms with Crippen LogP contribution in [-0.4, -0.2) is 41.7 Å². The Hall–Kier alpha value is -3.11. The molecule has 3 rings (SSSR count). The second-order valence-electron chi connectivity index (χ2n) is 6.64. The molecule has 0 radical (unpaired) electrons. The Morgan fingerprint density at radius 1 is 1.31 bits per heavy atom. The standard InChI is InChI=1S/C18H19F3N4O4/c1-11-8-14(24-29-11)23-16(26)10-28-17(27)12-4-6-25(7-5-12)15-3-2-13(9-22-15)18(19,20)21/h2-3,8-9,12H,4-7,10H2,1H3,(H,23,24,26). The number of anilines is 2. The summed E-state index contributed by atoms with van der Waals surface area (Å²) in [6.45, 7) is 2.13. The molecule has 2 aromatic heterocycles. The molecule has 1 fully saturated rings. The predicted octanol–water partition coefficient (Wildman–Crippen LogP) is 2.80. The van der Waals surface area contributed by atoms with Crippen molar-refractivity contribution in [2.24, 2.45) is 5.92 Å². The van der Waals surface area contributed by atoms with Crippen molar-refractivity contribution in [3.05, 3.63) is 35.7 Å². The topological polar surface area (TPSA) is 97.6 Å². The van der Waals surface area contributed by atoms with Gasteiger partial charge in [0, 0.05) is 25.4 Å². The van der Waals surface area contributed by atoms with E-state index < -0.39 is 30.2 Å². The predicted molar refractivity (Wildman–Crippen MR) is 95.0 cm³/mol. The van der Waals surface area contributed by atoms with E-state index in [4.69, 9.17) is 9.26 Å². The molecule has 3 heterocycles. The molecule has 0 unspecified atom stereocenters. The SMILES string of the molecule is Cc1cc(NC(=O)COC(=O)C2CCN(c3ccc(C(F)(F)F)cn3)CC2)no1. The van der Waals surface area contributed by atoms with Gasteiger partial charge in [-0.15, -0.1) is 0 Å². The normalized spacial score (nSPS) is 15.2. The van der Waals surface area contributed by atoms with Crippen LogP contribution in [0.5, 0.6) is 0 Å². The first kappa shape index (κ1) is 20.6. The van der Waals surface area contributed by atoms with E-state index in [2.05, 4.69) is 15.5 Å². The zero-order valence-corrected chi connectivity index (χ0v) is 15.5. The van der Waals surface area contributed by atoms with Crippen LogP contribution in [0.2, 0.25) is 0 Å². The lowest BCUT2D eigenvalue weighted by atomic mass is 9.97. The van der Waals surface area contributed by atoms with Crippen LogP contribution in [0.1, 0.15) is 24.2 Å². The fourth-order valence-electron chi connectivity index (χ4n) is 2.94.